The van der Waals surface area contributed by atoms with Gasteiger partial charge in [0, 0.05) is 29.3 Å². The highest BCUT2D eigenvalue weighted by Gasteiger charge is 2.36. The molecule has 2 aromatic rings. The van der Waals surface area contributed by atoms with Gasteiger partial charge in [-0.1, -0.05) is 32.0 Å². The summed E-state index contributed by atoms with van der Waals surface area (Å²) in [7, 11) is 0. The van der Waals surface area contributed by atoms with Gasteiger partial charge in [0.2, 0.25) is 6.79 Å². The molecule has 162 valence electrons. The van der Waals surface area contributed by atoms with E-state index in [9.17, 15) is 9.90 Å². The third kappa shape index (κ3) is 5.14. The molecule has 0 saturated heterocycles. The summed E-state index contributed by atoms with van der Waals surface area (Å²) in [5, 5.41) is 21.3. The van der Waals surface area contributed by atoms with Crippen LogP contribution in [0.1, 0.15) is 31.9 Å². The Morgan fingerprint density at radius 1 is 1.13 bits per heavy atom. The Morgan fingerprint density at radius 3 is 2.67 bits per heavy atom. The lowest BCUT2D eigenvalue weighted by Crippen LogP contribution is -2.30. The normalized spacial score (nSPS) is 13.6. The van der Waals surface area contributed by atoms with Crippen molar-refractivity contribution in [2.45, 2.75) is 26.4 Å². The maximum Gasteiger partial charge on any atom is 0.412 e. The number of carbonyl (C=O) groups excluding carboxylic acids is 1. The predicted octanol–water partition coefficient (Wildman–Crippen LogP) is 3.48. The molecule has 0 bridgehead atoms. The summed E-state index contributed by atoms with van der Waals surface area (Å²) in [6.45, 7) is 3.88. The van der Waals surface area contributed by atoms with Gasteiger partial charge in [-0.2, -0.15) is 0 Å². The summed E-state index contributed by atoms with van der Waals surface area (Å²) in [6.07, 6.45) is -0.945. The maximum atomic E-state index is 12.7. The molecule has 8 nitrogen and oxygen atoms in total. The summed E-state index contributed by atoms with van der Waals surface area (Å²) in [4.78, 5) is 12.7. The quantitative estimate of drug-likeness (QED) is 0.573. The van der Waals surface area contributed by atoms with Crippen LogP contribution >= 0.6 is 0 Å². The lowest BCUT2D eigenvalue weighted by atomic mass is 9.79. The van der Waals surface area contributed by atoms with Gasteiger partial charge in [0.1, 0.15) is 18.5 Å². The number of para-hydroxylation sites is 1. The van der Waals surface area contributed by atoms with E-state index in [0.717, 1.165) is 0 Å². The Hall–Kier alpha value is -2.97. The van der Waals surface area contributed by atoms with Gasteiger partial charge >= 0.3 is 6.09 Å². The van der Waals surface area contributed by atoms with Gasteiger partial charge in [-0.25, -0.2) is 4.79 Å². The highest BCUT2D eigenvalue weighted by Crippen LogP contribution is 2.43. The fourth-order valence-electron chi connectivity index (χ4n) is 3.28. The summed E-state index contributed by atoms with van der Waals surface area (Å²) in [5.74, 6) is 1.68. The molecule has 1 amide bonds. The van der Waals surface area contributed by atoms with E-state index in [-0.39, 0.29) is 26.6 Å². The van der Waals surface area contributed by atoms with Crippen molar-refractivity contribution in [3.8, 4) is 17.2 Å². The van der Waals surface area contributed by atoms with E-state index in [1.54, 1.807) is 30.3 Å². The zero-order valence-corrected chi connectivity index (χ0v) is 17.1. The minimum atomic E-state index is -0.700. The predicted molar refractivity (Wildman–Crippen MR) is 110 cm³/mol. The third-order valence-electron chi connectivity index (χ3n) is 4.86. The second-order valence-electron chi connectivity index (χ2n) is 7.55. The molecule has 0 fully saturated rings. The van der Waals surface area contributed by atoms with Crippen molar-refractivity contribution in [3.63, 3.8) is 0 Å². The second-order valence-corrected chi connectivity index (χ2v) is 7.55. The molecule has 0 saturated carbocycles. The topological polar surface area (TPSA) is 106 Å². The van der Waals surface area contributed by atoms with Crippen LogP contribution in [-0.4, -0.2) is 42.9 Å². The van der Waals surface area contributed by atoms with Crippen LogP contribution in [0.25, 0.3) is 0 Å². The lowest BCUT2D eigenvalue weighted by Gasteiger charge is -2.34. The van der Waals surface area contributed by atoms with E-state index in [2.05, 4.69) is 5.32 Å². The Morgan fingerprint density at radius 2 is 1.90 bits per heavy atom. The highest BCUT2D eigenvalue weighted by atomic mass is 16.7. The minimum absolute atomic E-state index is 0.0592. The number of rotatable bonds is 9. The first-order valence-corrected chi connectivity index (χ1v) is 9.75. The first-order chi connectivity index (χ1) is 14.4. The van der Waals surface area contributed by atoms with Gasteiger partial charge < -0.3 is 29.2 Å². The van der Waals surface area contributed by atoms with Crippen molar-refractivity contribution in [1.82, 2.24) is 0 Å². The van der Waals surface area contributed by atoms with Crippen LogP contribution in [0.4, 0.5) is 10.5 Å². The Balaban J connectivity index is 1.82. The molecule has 1 aliphatic rings. The Labute approximate surface area is 175 Å². The molecule has 2 aromatic carbocycles. The van der Waals surface area contributed by atoms with Crippen LogP contribution in [0.5, 0.6) is 17.2 Å². The molecule has 3 rings (SSSR count). The van der Waals surface area contributed by atoms with Crippen molar-refractivity contribution in [3.05, 3.63) is 48.0 Å². The minimum Gasteiger partial charge on any atom is -0.491 e. The molecule has 1 heterocycles. The number of carbonyl (C=O) groups is 1. The van der Waals surface area contributed by atoms with Crippen LogP contribution in [0.3, 0.4) is 0 Å². The molecule has 30 heavy (non-hydrogen) atoms. The monoisotopic (exact) mass is 417 g/mol. The molecule has 3 N–H and O–H groups in total. The number of amides is 1. The van der Waals surface area contributed by atoms with E-state index < -0.39 is 17.6 Å². The smallest absolute Gasteiger partial charge is 0.412 e. The number of ether oxygens (including phenoxy) is 4. The number of hydrogen-bond acceptors (Lipinski definition) is 7. The first-order valence-electron chi connectivity index (χ1n) is 9.75. The molecule has 0 spiro atoms. The molecule has 1 atom stereocenters. The SMILES string of the molecule is CC(C)(CCO)[C@@H](OC(=O)Nc1ccc2c(c1)OCO2)c1ccccc1OCCO. The average molecular weight is 417 g/mol. The fraction of sp³-hybridized carbons (Fsp3) is 0.409. The molecule has 0 aromatic heterocycles. The number of aliphatic hydroxyl groups excluding tert-OH is 2. The second kappa shape index (κ2) is 9.69. The number of nitrogens with one attached hydrogen (secondary N) is 1. The van der Waals surface area contributed by atoms with E-state index >= 15 is 0 Å². The largest absolute Gasteiger partial charge is 0.491 e. The van der Waals surface area contributed by atoms with Gasteiger partial charge in [0.25, 0.3) is 0 Å². The molecule has 8 heteroatoms. The third-order valence-corrected chi connectivity index (χ3v) is 4.86. The van der Waals surface area contributed by atoms with Crippen molar-refractivity contribution in [1.29, 1.82) is 0 Å². The lowest BCUT2D eigenvalue weighted by molar-refractivity contribution is 0.0133. The molecular formula is C22H27NO7. The molecule has 0 unspecified atom stereocenters. The highest BCUT2D eigenvalue weighted by molar-refractivity contribution is 5.85. The van der Waals surface area contributed by atoms with E-state index in [0.29, 0.717) is 34.9 Å². The Bertz CT molecular complexity index is 868. The van der Waals surface area contributed by atoms with E-state index in [1.165, 1.54) is 0 Å². The number of hydrogen-bond donors (Lipinski definition) is 3. The standard InChI is InChI=1S/C22H27NO7/c1-22(2,9-10-24)20(16-5-3-4-6-17(16)27-12-11-25)30-21(26)23-15-7-8-18-19(13-15)29-14-28-18/h3-8,13,20,24-25H,9-12,14H2,1-2H3,(H,23,26)/t20-/m0/s1. The number of fused-ring (bicyclic) bond motifs is 1. The van der Waals surface area contributed by atoms with E-state index in [4.69, 9.17) is 24.1 Å². The van der Waals surface area contributed by atoms with E-state index in [1.807, 2.05) is 26.0 Å². The van der Waals surface area contributed by atoms with Crippen molar-refractivity contribution in [2.75, 3.05) is 31.9 Å². The van der Waals surface area contributed by atoms with Crippen LogP contribution in [-0.2, 0) is 4.74 Å². The fourth-order valence-corrected chi connectivity index (χ4v) is 3.28. The van der Waals surface area contributed by atoms with Gasteiger partial charge in [-0.3, -0.25) is 5.32 Å². The zero-order chi connectivity index (χ0) is 21.6. The number of benzene rings is 2. The van der Waals surface area contributed by atoms with Crippen molar-refractivity contribution < 1.29 is 34.0 Å². The number of aliphatic hydroxyl groups is 2. The van der Waals surface area contributed by atoms with Gasteiger partial charge in [0.05, 0.1) is 6.61 Å². The number of anilines is 1. The zero-order valence-electron chi connectivity index (χ0n) is 17.1. The molecule has 0 aliphatic carbocycles. The van der Waals surface area contributed by atoms with Gasteiger partial charge in [0.15, 0.2) is 11.5 Å². The molecular weight excluding hydrogens is 390 g/mol. The average Bonchev–Trinajstić information content (AvgIpc) is 3.18. The summed E-state index contributed by atoms with van der Waals surface area (Å²) < 4.78 is 22.1. The molecule has 0 radical (unpaired) electrons. The molecule has 1 aliphatic heterocycles. The summed E-state index contributed by atoms with van der Waals surface area (Å²) in [6, 6.07) is 12.3. The van der Waals surface area contributed by atoms with Gasteiger partial charge in [-0.05, 0) is 24.6 Å². The van der Waals surface area contributed by atoms with Crippen LogP contribution in [0, 0.1) is 5.41 Å². The summed E-state index contributed by atoms with van der Waals surface area (Å²) >= 11 is 0. The van der Waals surface area contributed by atoms with Crippen LogP contribution in [0.15, 0.2) is 42.5 Å². The van der Waals surface area contributed by atoms with Crippen LogP contribution in [0.2, 0.25) is 0 Å². The summed E-state index contributed by atoms with van der Waals surface area (Å²) in [5.41, 5.74) is 0.581. The van der Waals surface area contributed by atoms with Crippen molar-refractivity contribution in [2.24, 2.45) is 5.41 Å². The maximum absolute atomic E-state index is 12.7. The van der Waals surface area contributed by atoms with Crippen LogP contribution < -0.4 is 19.5 Å². The van der Waals surface area contributed by atoms with Gasteiger partial charge in [-0.15, -0.1) is 0 Å². The Kier molecular flexibility index (Phi) is 7.02. The first kappa shape index (κ1) is 21.7. The van der Waals surface area contributed by atoms with Crippen molar-refractivity contribution >= 4 is 11.8 Å².